The first-order valence-electron chi connectivity index (χ1n) is 6.72. The van der Waals surface area contributed by atoms with Crippen LogP contribution in [0.1, 0.15) is 10.4 Å². The number of carbonyl (C=O) groups is 1. The monoisotopic (exact) mass is 312 g/mol. The molecule has 1 aliphatic rings. The lowest BCUT2D eigenvalue weighted by Crippen LogP contribution is -2.23. The van der Waals surface area contributed by atoms with E-state index in [1.54, 1.807) is 18.2 Å². The van der Waals surface area contributed by atoms with Crippen LogP contribution in [0.5, 0.6) is 11.5 Å². The molecule has 0 aliphatic carbocycles. The van der Waals surface area contributed by atoms with Gasteiger partial charge < -0.3 is 19.4 Å². The first-order valence-corrected chi connectivity index (χ1v) is 7.60. The van der Waals surface area contributed by atoms with Crippen LogP contribution < -0.4 is 14.6 Å². The van der Waals surface area contributed by atoms with E-state index in [0.717, 1.165) is 4.88 Å². The number of hydrogen-bond acceptors (Lipinski definition) is 6. The van der Waals surface area contributed by atoms with Crippen molar-refractivity contribution in [3.8, 4) is 22.1 Å². The third-order valence-corrected chi connectivity index (χ3v) is 4.36. The summed E-state index contributed by atoms with van der Waals surface area (Å²) in [6.07, 6.45) is 0. The molecule has 22 heavy (non-hydrogen) atoms. The summed E-state index contributed by atoms with van der Waals surface area (Å²) in [5.41, 5.74) is 1.26. The van der Waals surface area contributed by atoms with E-state index in [1.165, 1.54) is 11.3 Å². The number of hydrogen-bond donors (Lipinski definition) is 0. The molecule has 6 heteroatoms. The quantitative estimate of drug-likeness (QED) is 0.724. The second-order valence-corrected chi connectivity index (χ2v) is 5.78. The molecule has 0 radical (unpaired) electrons. The molecule has 1 aromatic carbocycles. The largest absolute Gasteiger partial charge is 0.545 e. The molecule has 4 rings (SSSR count). The van der Waals surface area contributed by atoms with E-state index in [9.17, 15) is 9.90 Å². The van der Waals surface area contributed by atoms with E-state index in [2.05, 4.69) is 4.98 Å². The third-order valence-electron chi connectivity index (χ3n) is 3.47. The number of pyridine rings is 1. The van der Waals surface area contributed by atoms with E-state index >= 15 is 0 Å². The van der Waals surface area contributed by atoms with Gasteiger partial charge in [0.25, 0.3) is 0 Å². The molecule has 0 N–H and O–H groups in total. The molecule has 3 heterocycles. The smallest absolute Gasteiger partial charge is 0.163 e. The van der Waals surface area contributed by atoms with Crippen LogP contribution in [0.25, 0.3) is 21.5 Å². The Bertz CT molecular complexity index is 873. The lowest BCUT2D eigenvalue weighted by molar-refractivity contribution is -0.254. The Kier molecular flexibility index (Phi) is 2.97. The van der Waals surface area contributed by atoms with E-state index in [0.29, 0.717) is 41.3 Å². The maximum absolute atomic E-state index is 11.5. The predicted molar refractivity (Wildman–Crippen MR) is 80.4 cm³/mol. The average molecular weight is 312 g/mol. The molecule has 0 atom stereocenters. The fourth-order valence-electron chi connectivity index (χ4n) is 2.48. The van der Waals surface area contributed by atoms with Gasteiger partial charge in [-0.2, -0.15) is 0 Å². The number of aromatic carboxylic acids is 1. The van der Waals surface area contributed by atoms with Gasteiger partial charge in [-0.3, -0.25) is 0 Å². The first kappa shape index (κ1) is 13.1. The minimum absolute atomic E-state index is 0.102. The first-order chi connectivity index (χ1) is 10.7. The van der Waals surface area contributed by atoms with Crippen molar-refractivity contribution in [3.05, 3.63) is 41.3 Å². The normalized spacial score (nSPS) is 13.3. The summed E-state index contributed by atoms with van der Waals surface area (Å²) in [7, 11) is 0. The molecule has 0 saturated carbocycles. The van der Waals surface area contributed by atoms with E-state index in [-0.39, 0.29) is 5.56 Å². The Morgan fingerprint density at radius 1 is 1.18 bits per heavy atom. The highest BCUT2D eigenvalue weighted by atomic mass is 32.1. The van der Waals surface area contributed by atoms with Crippen molar-refractivity contribution in [2.75, 3.05) is 13.2 Å². The van der Waals surface area contributed by atoms with E-state index in [4.69, 9.17) is 9.47 Å². The summed E-state index contributed by atoms with van der Waals surface area (Å²) in [4.78, 5) is 17.0. The highest BCUT2D eigenvalue weighted by Gasteiger charge is 2.16. The van der Waals surface area contributed by atoms with Crippen molar-refractivity contribution in [1.29, 1.82) is 0 Å². The molecular formula is C16H10NO4S-. The summed E-state index contributed by atoms with van der Waals surface area (Å²) in [6.45, 7) is 0.913. The van der Waals surface area contributed by atoms with Gasteiger partial charge in [-0.1, -0.05) is 6.07 Å². The number of benzene rings is 1. The molecule has 110 valence electrons. The molecule has 1 aliphatic heterocycles. The Labute approximate surface area is 129 Å². The van der Waals surface area contributed by atoms with Gasteiger partial charge in [-0.05, 0) is 23.6 Å². The van der Waals surface area contributed by atoms with Crippen LogP contribution in [0.2, 0.25) is 0 Å². The Morgan fingerprint density at radius 2 is 1.95 bits per heavy atom. The number of carbonyl (C=O) groups excluding carboxylic acids is 1. The van der Waals surface area contributed by atoms with Crippen LogP contribution in [0, 0.1) is 0 Å². The molecule has 0 fully saturated rings. The van der Waals surface area contributed by atoms with Crippen LogP contribution in [0.15, 0.2) is 35.7 Å². The van der Waals surface area contributed by atoms with Crippen molar-refractivity contribution < 1.29 is 19.4 Å². The van der Waals surface area contributed by atoms with Gasteiger partial charge in [0.1, 0.15) is 13.2 Å². The zero-order valence-electron chi connectivity index (χ0n) is 11.4. The molecule has 0 saturated heterocycles. The van der Waals surface area contributed by atoms with Gasteiger partial charge in [0.2, 0.25) is 0 Å². The highest BCUT2D eigenvalue weighted by Crippen LogP contribution is 2.36. The summed E-state index contributed by atoms with van der Waals surface area (Å²) >= 11 is 1.50. The summed E-state index contributed by atoms with van der Waals surface area (Å²) in [5, 5.41) is 13.9. The number of carboxylic acid groups (broad SMARTS) is 1. The number of carboxylic acids is 1. The zero-order valence-corrected chi connectivity index (χ0v) is 12.2. The molecule has 0 amide bonds. The standard InChI is InChI=1S/C16H11NO4S/c18-16(19)10-6-12(15-2-1-5-22-15)17-11-8-14-13(7-9(10)11)20-3-4-21-14/h1-2,5-8H,3-4H2,(H,18,19)/p-1. The van der Waals surface area contributed by atoms with Crippen molar-refractivity contribution in [2.24, 2.45) is 0 Å². The topological polar surface area (TPSA) is 71.5 Å². The average Bonchev–Trinajstić information content (AvgIpc) is 3.06. The Morgan fingerprint density at radius 3 is 2.64 bits per heavy atom. The summed E-state index contributed by atoms with van der Waals surface area (Å²) < 4.78 is 11.0. The Hall–Kier alpha value is -2.60. The summed E-state index contributed by atoms with van der Waals surface area (Å²) in [6, 6.07) is 8.71. The van der Waals surface area contributed by atoms with Gasteiger partial charge in [0.05, 0.1) is 22.1 Å². The lowest BCUT2D eigenvalue weighted by atomic mass is 10.1. The molecule has 0 bridgehead atoms. The maximum atomic E-state index is 11.5. The van der Waals surface area contributed by atoms with Crippen molar-refractivity contribution in [3.63, 3.8) is 0 Å². The van der Waals surface area contributed by atoms with Crippen LogP contribution in [0.4, 0.5) is 0 Å². The fraction of sp³-hybridized carbons (Fsp3) is 0.125. The van der Waals surface area contributed by atoms with Crippen molar-refractivity contribution in [2.45, 2.75) is 0 Å². The molecule has 0 unspecified atom stereocenters. The molecule has 5 nitrogen and oxygen atoms in total. The minimum Gasteiger partial charge on any atom is -0.545 e. The number of aromatic nitrogens is 1. The molecule has 0 spiro atoms. The van der Waals surface area contributed by atoms with Gasteiger partial charge in [-0.25, -0.2) is 4.98 Å². The number of thiophene rings is 1. The van der Waals surface area contributed by atoms with Crippen molar-refractivity contribution >= 4 is 28.2 Å². The molecule has 3 aromatic rings. The van der Waals surface area contributed by atoms with Gasteiger partial charge >= 0.3 is 0 Å². The highest BCUT2D eigenvalue weighted by molar-refractivity contribution is 7.13. The number of ether oxygens (including phenoxy) is 2. The van der Waals surface area contributed by atoms with Gasteiger partial charge in [0.15, 0.2) is 11.5 Å². The number of fused-ring (bicyclic) bond motifs is 2. The van der Waals surface area contributed by atoms with Crippen LogP contribution in [-0.4, -0.2) is 24.2 Å². The number of rotatable bonds is 2. The van der Waals surface area contributed by atoms with Gasteiger partial charge in [-0.15, -0.1) is 11.3 Å². The fourth-order valence-corrected chi connectivity index (χ4v) is 3.17. The predicted octanol–water partition coefficient (Wildman–Crippen LogP) is 2.10. The van der Waals surface area contributed by atoms with E-state index in [1.807, 2.05) is 17.5 Å². The van der Waals surface area contributed by atoms with Crippen molar-refractivity contribution in [1.82, 2.24) is 4.98 Å². The maximum Gasteiger partial charge on any atom is 0.163 e. The second kappa shape index (κ2) is 4.99. The van der Waals surface area contributed by atoms with Crippen LogP contribution >= 0.6 is 11.3 Å². The van der Waals surface area contributed by atoms with Crippen LogP contribution in [-0.2, 0) is 0 Å². The Balaban J connectivity index is 2.01. The lowest BCUT2D eigenvalue weighted by Gasteiger charge is -2.20. The third kappa shape index (κ3) is 2.08. The molecule has 2 aromatic heterocycles. The zero-order chi connectivity index (χ0) is 15.1. The second-order valence-electron chi connectivity index (χ2n) is 4.83. The van der Waals surface area contributed by atoms with E-state index < -0.39 is 5.97 Å². The van der Waals surface area contributed by atoms with Gasteiger partial charge in [0, 0.05) is 17.0 Å². The number of nitrogens with zero attached hydrogens (tertiary/aromatic N) is 1. The minimum atomic E-state index is -1.23. The summed E-state index contributed by atoms with van der Waals surface area (Å²) in [5.74, 6) is -0.118. The molecular weight excluding hydrogens is 302 g/mol. The SMILES string of the molecule is O=C([O-])c1cc(-c2cccs2)nc2cc3c(cc12)OCCO3. The van der Waals surface area contributed by atoms with Crippen LogP contribution in [0.3, 0.4) is 0 Å².